The topological polar surface area (TPSA) is 63.0 Å². The van der Waals surface area contributed by atoms with Gasteiger partial charge in [0.05, 0.1) is 5.56 Å². The molecule has 0 bridgehead atoms. The third-order valence-electron chi connectivity index (χ3n) is 4.44. The Morgan fingerprint density at radius 1 is 1.11 bits per heavy atom. The molecule has 0 radical (unpaired) electrons. The van der Waals surface area contributed by atoms with Crippen LogP contribution in [-0.4, -0.2) is 49.6 Å². The lowest BCUT2D eigenvalue weighted by atomic mass is 10.1. The fraction of sp³-hybridized carbons (Fsp3) is 0.368. The highest BCUT2D eigenvalue weighted by Gasteiger charge is 2.31. The molecule has 2 heterocycles. The second-order valence-electron chi connectivity index (χ2n) is 6.40. The van der Waals surface area contributed by atoms with Crippen LogP contribution >= 0.6 is 0 Å². The van der Waals surface area contributed by atoms with Gasteiger partial charge in [0.15, 0.2) is 6.61 Å². The summed E-state index contributed by atoms with van der Waals surface area (Å²) < 4.78 is 48.7. The van der Waals surface area contributed by atoms with Gasteiger partial charge < -0.3 is 19.0 Å². The molecule has 1 amide bonds. The summed E-state index contributed by atoms with van der Waals surface area (Å²) in [5.74, 6) is -0.493. The van der Waals surface area contributed by atoms with E-state index < -0.39 is 24.3 Å². The molecule has 28 heavy (non-hydrogen) atoms. The van der Waals surface area contributed by atoms with E-state index in [-0.39, 0.29) is 11.7 Å². The molecule has 0 spiro atoms. The zero-order chi connectivity index (χ0) is 20.3. The zero-order valence-electron chi connectivity index (χ0n) is 15.2. The number of benzene rings is 1. The van der Waals surface area contributed by atoms with Crippen molar-refractivity contribution in [1.82, 2.24) is 4.90 Å². The van der Waals surface area contributed by atoms with Crippen molar-refractivity contribution < 1.29 is 31.9 Å². The number of nitrogens with zero attached hydrogens (tertiary/aromatic N) is 2. The summed E-state index contributed by atoms with van der Waals surface area (Å²) in [5.41, 5.74) is -0.245. The summed E-state index contributed by atoms with van der Waals surface area (Å²) in [4.78, 5) is 27.3. The molecule has 0 aliphatic carbocycles. The van der Waals surface area contributed by atoms with Crippen LogP contribution in [0.25, 0.3) is 0 Å². The highest BCUT2D eigenvalue weighted by atomic mass is 19.4. The number of aryl methyl sites for hydroxylation is 1. The first-order chi connectivity index (χ1) is 13.2. The van der Waals surface area contributed by atoms with Crippen LogP contribution in [0, 0.1) is 6.92 Å². The molecule has 1 aliphatic heterocycles. The van der Waals surface area contributed by atoms with E-state index in [1.165, 1.54) is 17.0 Å². The van der Waals surface area contributed by atoms with Crippen molar-refractivity contribution in [3.05, 3.63) is 53.5 Å². The Morgan fingerprint density at radius 2 is 1.82 bits per heavy atom. The lowest BCUT2D eigenvalue weighted by Crippen LogP contribution is -2.50. The summed E-state index contributed by atoms with van der Waals surface area (Å²) in [6.07, 6.45) is -4.40. The molecule has 6 nitrogen and oxygen atoms in total. The van der Waals surface area contributed by atoms with Gasteiger partial charge in [-0.05, 0) is 37.3 Å². The monoisotopic (exact) mass is 396 g/mol. The predicted octanol–water partition coefficient (Wildman–Crippen LogP) is 3.11. The quantitative estimate of drug-likeness (QED) is 0.744. The fourth-order valence-corrected chi connectivity index (χ4v) is 2.93. The summed E-state index contributed by atoms with van der Waals surface area (Å²) in [6, 6.07) is 8.19. The van der Waals surface area contributed by atoms with E-state index in [1.54, 1.807) is 24.0 Å². The van der Waals surface area contributed by atoms with Gasteiger partial charge in [0, 0.05) is 31.9 Å². The van der Waals surface area contributed by atoms with Crippen molar-refractivity contribution >= 4 is 17.6 Å². The molecule has 1 fully saturated rings. The Balaban J connectivity index is 1.51. The first-order valence-electron chi connectivity index (χ1n) is 8.67. The molecular weight excluding hydrogens is 377 g/mol. The van der Waals surface area contributed by atoms with Gasteiger partial charge in [0.1, 0.15) is 5.76 Å². The van der Waals surface area contributed by atoms with E-state index in [1.807, 2.05) is 0 Å². The van der Waals surface area contributed by atoms with Gasteiger partial charge in [0.25, 0.3) is 5.91 Å². The van der Waals surface area contributed by atoms with Gasteiger partial charge in [0.2, 0.25) is 5.76 Å². The average molecular weight is 396 g/mol. The van der Waals surface area contributed by atoms with Crippen LogP contribution in [0.5, 0.6) is 0 Å². The number of furan rings is 1. The number of amides is 1. The van der Waals surface area contributed by atoms with E-state index in [9.17, 15) is 22.8 Å². The van der Waals surface area contributed by atoms with Crippen molar-refractivity contribution in [2.24, 2.45) is 0 Å². The van der Waals surface area contributed by atoms with Gasteiger partial charge in [-0.25, -0.2) is 4.79 Å². The number of halogens is 3. The standard InChI is InChI=1S/C19H19F3N2O4/c1-13-5-6-16(28-13)18(26)27-12-17(25)24-9-7-23(8-10-24)15-4-2-3-14(11-15)19(20,21)22/h2-6,11H,7-10,12H2,1H3. The Kier molecular flexibility index (Phi) is 5.62. The van der Waals surface area contributed by atoms with Crippen molar-refractivity contribution in [2.45, 2.75) is 13.1 Å². The van der Waals surface area contributed by atoms with Gasteiger partial charge in [-0.2, -0.15) is 13.2 Å². The maximum Gasteiger partial charge on any atom is 0.416 e. The summed E-state index contributed by atoms with van der Waals surface area (Å²) >= 11 is 0. The van der Waals surface area contributed by atoms with Gasteiger partial charge in [-0.1, -0.05) is 6.07 Å². The van der Waals surface area contributed by atoms with Crippen LogP contribution in [0.1, 0.15) is 21.9 Å². The fourth-order valence-electron chi connectivity index (χ4n) is 2.93. The largest absolute Gasteiger partial charge is 0.454 e. The molecular formula is C19H19F3N2O4. The van der Waals surface area contributed by atoms with Crippen molar-refractivity contribution in [1.29, 1.82) is 0 Å². The van der Waals surface area contributed by atoms with Gasteiger partial charge >= 0.3 is 12.1 Å². The number of carbonyl (C=O) groups excluding carboxylic acids is 2. The predicted molar refractivity (Wildman–Crippen MR) is 94.0 cm³/mol. The molecule has 0 N–H and O–H groups in total. The average Bonchev–Trinajstić information content (AvgIpc) is 3.12. The van der Waals surface area contributed by atoms with E-state index in [0.29, 0.717) is 37.6 Å². The molecule has 0 saturated carbocycles. The summed E-state index contributed by atoms with van der Waals surface area (Å²) in [6.45, 7) is 2.70. The molecule has 1 aromatic heterocycles. The molecule has 0 unspecified atom stereocenters. The smallest absolute Gasteiger partial charge is 0.416 e. The minimum absolute atomic E-state index is 0.0275. The molecule has 1 aromatic carbocycles. The third kappa shape index (κ3) is 4.65. The highest BCUT2D eigenvalue weighted by molar-refractivity contribution is 5.88. The lowest BCUT2D eigenvalue weighted by Gasteiger charge is -2.36. The van der Waals surface area contributed by atoms with Gasteiger partial charge in [-0.3, -0.25) is 4.79 Å². The van der Waals surface area contributed by atoms with Crippen molar-refractivity contribution in [2.75, 3.05) is 37.7 Å². The lowest BCUT2D eigenvalue weighted by molar-refractivity contribution is -0.137. The SMILES string of the molecule is Cc1ccc(C(=O)OCC(=O)N2CCN(c3cccc(C(F)(F)F)c3)CC2)o1. The first kappa shape index (κ1) is 19.8. The number of ether oxygens (including phenoxy) is 1. The number of anilines is 1. The zero-order valence-corrected chi connectivity index (χ0v) is 15.2. The normalized spacial score (nSPS) is 14.9. The number of hydrogen-bond acceptors (Lipinski definition) is 5. The summed E-state index contributed by atoms with van der Waals surface area (Å²) in [7, 11) is 0. The molecule has 150 valence electrons. The summed E-state index contributed by atoms with van der Waals surface area (Å²) in [5, 5.41) is 0. The number of rotatable bonds is 4. The molecule has 9 heteroatoms. The molecule has 3 rings (SSSR count). The number of carbonyl (C=O) groups is 2. The Labute approximate surface area is 159 Å². The maximum absolute atomic E-state index is 12.9. The number of alkyl halides is 3. The van der Waals surface area contributed by atoms with E-state index in [0.717, 1.165) is 12.1 Å². The number of esters is 1. The van der Waals surface area contributed by atoms with Crippen LogP contribution in [-0.2, 0) is 15.7 Å². The molecule has 1 aliphatic rings. The Bertz CT molecular complexity index is 855. The second kappa shape index (κ2) is 7.95. The highest BCUT2D eigenvalue weighted by Crippen LogP contribution is 2.31. The van der Waals surface area contributed by atoms with E-state index in [4.69, 9.17) is 9.15 Å². The Hall–Kier alpha value is -2.97. The van der Waals surface area contributed by atoms with E-state index in [2.05, 4.69) is 0 Å². The second-order valence-corrected chi connectivity index (χ2v) is 6.40. The molecule has 0 atom stereocenters. The van der Waals surface area contributed by atoms with E-state index >= 15 is 0 Å². The van der Waals surface area contributed by atoms with Crippen LogP contribution in [0.2, 0.25) is 0 Å². The van der Waals surface area contributed by atoms with Crippen LogP contribution < -0.4 is 4.90 Å². The van der Waals surface area contributed by atoms with Crippen LogP contribution in [0.3, 0.4) is 0 Å². The minimum atomic E-state index is -4.40. The van der Waals surface area contributed by atoms with Crippen LogP contribution in [0.4, 0.5) is 18.9 Å². The third-order valence-corrected chi connectivity index (χ3v) is 4.44. The van der Waals surface area contributed by atoms with Crippen molar-refractivity contribution in [3.63, 3.8) is 0 Å². The van der Waals surface area contributed by atoms with Crippen LogP contribution in [0.15, 0.2) is 40.8 Å². The van der Waals surface area contributed by atoms with Gasteiger partial charge in [-0.15, -0.1) is 0 Å². The molecule has 1 saturated heterocycles. The van der Waals surface area contributed by atoms with Crippen molar-refractivity contribution in [3.8, 4) is 0 Å². The molecule has 2 aromatic rings. The number of piperazine rings is 1. The number of hydrogen-bond donors (Lipinski definition) is 0. The minimum Gasteiger partial charge on any atom is -0.454 e. The Morgan fingerprint density at radius 3 is 2.43 bits per heavy atom. The maximum atomic E-state index is 12.9. The first-order valence-corrected chi connectivity index (χ1v) is 8.67.